The average molecular weight is 250 g/mol. The van der Waals surface area contributed by atoms with Crippen LogP contribution in [0.3, 0.4) is 0 Å². The lowest BCUT2D eigenvalue weighted by Gasteiger charge is -2.34. The molecule has 1 fully saturated rings. The zero-order valence-electron chi connectivity index (χ0n) is 11.1. The van der Waals surface area contributed by atoms with Gasteiger partial charge in [-0.1, -0.05) is 6.07 Å². The van der Waals surface area contributed by atoms with Gasteiger partial charge in [0.05, 0.1) is 24.4 Å². The second-order valence-electron chi connectivity index (χ2n) is 5.00. The van der Waals surface area contributed by atoms with E-state index in [1.165, 1.54) is 0 Å². The van der Waals surface area contributed by atoms with Crippen molar-refractivity contribution in [1.29, 1.82) is 0 Å². The Morgan fingerprint density at radius 3 is 2.72 bits per heavy atom. The van der Waals surface area contributed by atoms with Crippen LogP contribution in [0.1, 0.15) is 38.4 Å². The van der Waals surface area contributed by atoms with Crippen molar-refractivity contribution in [1.82, 2.24) is 4.98 Å². The summed E-state index contributed by atoms with van der Waals surface area (Å²) in [4.78, 5) is 4.12. The molecule has 2 N–H and O–H groups in total. The molecule has 0 spiro atoms. The van der Waals surface area contributed by atoms with Crippen LogP contribution in [0.15, 0.2) is 24.5 Å². The molecule has 1 aromatic rings. The summed E-state index contributed by atoms with van der Waals surface area (Å²) >= 11 is 0. The molecule has 0 aliphatic carbocycles. The summed E-state index contributed by atoms with van der Waals surface area (Å²) in [6.45, 7) is 4.66. The van der Waals surface area contributed by atoms with Crippen LogP contribution in [0.5, 0.6) is 0 Å². The Morgan fingerprint density at radius 2 is 2.17 bits per heavy atom. The lowest BCUT2D eigenvalue weighted by Crippen LogP contribution is -2.35. The molecular formula is C14H22N2O2. The molecule has 0 amide bonds. The molecule has 0 bridgehead atoms. The van der Waals surface area contributed by atoms with E-state index in [0.29, 0.717) is 6.54 Å². The predicted molar refractivity (Wildman–Crippen MR) is 70.1 cm³/mol. The van der Waals surface area contributed by atoms with E-state index in [9.17, 15) is 0 Å². The third kappa shape index (κ3) is 3.51. The maximum absolute atomic E-state index is 6.12. The Kier molecular flexibility index (Phi) is 4.69. The molecule has 3 unspecified atom stereocenters. The van der Waals surface area contributed by atoms with Gasteiger partial charge in [-0.05, 0) is 32.8 Å². The quantitative estimate of drug-likeness (QED) is 0.888. The number of hydrogen-bond donors (Lipinski definition) is 1. The Bertz CT molecular complexity index is 348. The highest BCUT2D eigenvalue weighted by Crippen LogP contribution is 2.26. The van der Waals surface area contributed by atoms with Crippen molar-refractivity contribution >= 4 is 0 Å². The van der Waals surface area contributed by atoms with E-state index in [1.807, 2.05) is 18.3 Å². The van der Waals surface area contributed by atoms with Gasteiger partial charge in [-0.2, -0.15) is 0 Å². The standard InChI is InChI=1S/C14H22N2O2/c1-10-6-13(7-11(2)17-10)18-14(8-15)12-4-3-5-16-9-12/h3-5,9-11,13-14H,6-8,15H2,1-2H3. The van der Waals surface area contributed by atoms with E-state index in [0.717, 1.165) is 18.4 Å². The number of nitrogens with zero attached hydrogens (tertiary/aromatic N) is 1. The molecule has 2 rings (SSSR count). The highest BCUT2D eigenvalue weighted by atomic mass is 16.5. The van der Waals surface area contributed by atoms with Crippen LogP contribution in [0.2, 0.25) is 0 Å². The first-order valence-electron chi connectivity index (χ1n) is 6.60. The molecule has 0 saturated carbocycles. The lowest BCUT2D eigenvalue weighted by atomic mass is 10.0. The molecule has 4 heteroatoms. The van der Waals surface area contributed by atoms with E-state index in [2.05, 4.69) is 18.8 Å². The number of ether oxygens (including phenoxy) is 2. The van der Waals surface area contributed by atoms with Crippen LogP contribution in [0.4, 0.5) is 0 Å². The number of hydrogen-bond acceptors (Lipinski definition) is 4. The van der Waals surface area contributed by atoms with Crippen LogP contribution in [0.25, 0.3) is 0 Å². The minimum absolute atomic E-state index is 0.0683. The smallest absolute Gasteiger partial charge is 0.0965 e. The molecule has 18 heavy (non-hydrogen) atoms. The maximum Gasteiger partial charge on any atom is 0.0965 e. The fraction of sp³-hybridized carbons (Fsp3) is 0.643. The summed E-state index contributed by atoms with van der Waals surface area (Å²) in [6.07, 6.45) is 6.11. The first kappa shape index (κ1) is 13.5. The van der Waals surface area contributed by atoms with E-state index in [1.54, 1.807) is 6.20 Å². The van der Waals surface area contributed by atoms with Crippen molar-refractivity contribution in [3.05, 3.63) is 30.1 Å². The summed E-state index contributed by atoms with van der Waals surface area (Å²) in [6, 6.07) is 3.92. The fourth-order valence-electron chi connectivity index (χ4n) is 2.52. The van der Waals surface area contributed by atoms with E-state index < -0.39 is 0 Å². The predicted octanol–water partition coefficient (Wildman–Crippen LogP) is 2.05. The lowest BCUT2D eigenvalue weighted by molar-refractivity contribution is -0.121. The van der Waals surface area contributed by atoms with Crippen LogP contribution in [-0.2, 0) is 9.47 Å². The second kappa shape index (κ2) is 6.27. The second-order valence-corrected chi connectivity index (χ2v) is 5.00. The van der Waals surface area contributed by atoms with Gasteiger partial charge in [0.1, 0.15) is 0 Å². The van der Waals surface area contributed by atoms with Gasteiger partial charge in [-0.15, -0.1) is 0 Å². The molecular weight excluding hydrogens is 228 g/mol. The molecule has 1 aliphatic heterocycles. The van der Waals surface area contributed by atoms with Crippen molar-refractivity contribution in [2.75, 3.05) is 6.54 Å². The molecule has 4 nitrogen and oxygen atoms in total. The maximum atomic E-state index is 6.12. The summed E-state index contributed by atoms with van der Waals surface area (Å²) in [5.41, 5.74) is 6.86. The van der Waals surface area contributed by atoms with Crippen LogP contribution >= 0.6 is 0 Å². The number of nitrogens with two attached hydrogens (primary N) is 1. The van der Waals surface area contributed by atoms with Gasteiger partial charge in [0.2, 0.25) is 0 Å². The molecule has 0 radical (unpaired) electrons. The SMILES string of the molecule is CC1CC(OC(CN)c2cccnc2)CC(C)O1. The van der Waals surface area contributed by atoms with Crippen molar-refractivity contribution < 1.29 is 9.47 Å². The first-order valence-corrected chi connectivity index (χ1v) is 6.60. The number of pyridine rings is 1. The zero-order valence-corrected chi connectivity index (χ0v) is 11.1. The highest BCUT2D eigenvalue weighted by molar-refractivity contribution is 5.12. The van der Waals surface area contributed by atoms with Gasteiger partial charge in [-0.3, -0.25) is 4.98 Å². The van der Waals surface area contributed by atoms with Gasteiger partial charge in [-0.25, -0.2) is 0 Å². The molecule has 1 saturated heterocycles. The summed E-state index contributed by atoms with van der Waals surface area (Å²) < 4.78 is 11.8. The molecule has 0 aromatic carbocycles. The minimum Gasteiger partial charge on any atom is -0.375 e. The van der Waals surface area contributed by atoms with Crippen molar-refractivity contribution in [3.8, 4) is 0 Å². The fourth-order valence-corrected chi connectivity index (χ4v) is 2.52. The Hall–Kier alpha value is -0.970. The summed E-state index contributed by atoms with van der Waals surface area (Å²) in [7, 11) is 0. The van der Waals surface area contributed by atoms with Gasteiger partial charge < -0.3 is 15.2 Å². The first-order chi connectivity index (χ1) is 8.69. The molecule has 1 aromatic heterocycles. The van der Waals surface area contributed by atoms with Gasteiger partial charge >= 0.3 is 0 Å². The van der Waals surface area contributed by atoms with E-state index in [4.69, 9.17) is 15.2 Å². The minimum atomic E-state index is -0.0683. The third-order valence-corrected chi connectivity index (χ3v) is 3.28. The topological polar surface area (TPSA) is 57.4 Å². The zero-order chi connectivity index (χ0) is 13.0. The monoisotopic (exact) mass is 250 g/mol. The Morgan fingerprint density at radius 1 is 1.44 bits per heavy atom. The number of aromatic nitrogens is 1. The third-order valence-electron chi connectivity index (χ3n) is 3.28. The van der Waals surface area contributed by atoms with E-state index in [-0.39, 0.29) is 24.4 Å². The summed E-state index contributed by atoms with van der Waals surface area (Å²) in [5.74, 6) is 0. The van der Waals surface area contributed by atoms with Crippen LogP contribution in [0, 0.1) is 0 Å². The Labute approximate surface area is 108 Å². The van der Waals surface area contributed by atoms with Gasteiger partial charge in [0.15, 0.2) is 0 Å². The van der Waals surface area contributed by atoms with Crippen LogP contribution in [-0.4, -0.2) is 29.8 Å². The normalized spacial score (nSPS) is 30.1. The molecule has 1 aliphatic rings. The largest absolute Gasteiger partial charge is 0.375 e. The van der Waals surface area contributed by atoms with Gasteiger partial charge in [0, 0.05) is 24.5 Å². The molecule has 3 atom stereocenters. The van der Waals surface area contributed by atoms with Crippen molar-refractivity contribution in [2.45, 2.75) is 51.1 Å². The molecule has 2 heterocycles. The highest BCUT2D eigenvalue weighted by Gasteiger charge is 2.27. The summed E-state index contributed by atoms with van der Waals surface area (Å²) in [5, 5.41) is 0. The van der Waals surface area contributed by atoms with Gasteiger partial charge in [0.25, 0.3) is 0 Å². The number of rotatable bonds is 4. The molecule has 100 valence electrons. The average Bonchev–Trinajstić information content (AvgIpc) is 2.36. The van der Waals surface area contributed by atoms with Crippen molar-refractivity contribution in [2.24, 2.45) is 5.73 Å². The van der Waals surface area contributed by atoms with E-state index >= 15 is 0 Å². The Balaban J connectivity index is 1.98. The van der Waals surface area contributed by atoms with Crippen molar-refractivity contribution in [3.63, 3.8) is 0 Å². The van der Waals surface area contributed by atoms with Crippen LogP contribution < -0.4 is 5.73 Å².